The third-order valence-electron chi connectivity index (χ3n) is 3.20. The summed E-state index contributed by atoms with van der Waals surface area (Å²) in [5.41, 5.74) is 4.72. The van der Waals surface area contributed by atoms with Crippen molar-refractivity contribution >= 4 is 11.6 Å². The van der Waals surface area contributed by atoms with E-state index >= 15 is 0 Å². The van der Waals surface area contributed by atoms with Crippen LogP contribution in [0.25, 0.3) is 0 Å². The van der Waals surface area contributed by atoms with Crippen molar-refractivity contribution in [2.75, 3.05) is 23.9 Å². The zero-order chi connectivity index (χ0) is 14.4. The van der Waals surface area contributed by atoms with Gasteiger partial charge in [0.2, 0.25) is 0 Å². The lowest BCUT2D eigenvalue weighted by Crippen LogP contribution is -2.24. The smallest absolute Gasteiger partial charge is 0.148 e. The minimum Gasteiger partial charge on any atom is -0.359 e. The predicted octanol–water partition coefficient (Wildman–Crippen LogP) is 1.40. The number of hydrazine groups is 1. The van der Waals surface area contributed by atoms with Crippen LogP contribution in [0.2, 0.25) is 0 Å². The van der Waals surface area contributed by atoms with Crippen LogP contribution in [0.1, 0.15) is 18.2 Å². The van der Waals surface area contributed by atoms with E-state index in [-0.39, 0.29) is 0 Å². The van der Waals surface area contributed by atoms with Gasteiger partial charge in [0.05, 0.1) is 0 Å². The summed E-state index contributed by atoms with van der Waals surface area (Å²) in [6.45, 7) is 2.90. The first kappa shape index (κ1) is 14.2. The van der Waals surface area contributed by atoms with Gasteiger partial charge in [0, 0.05) is 37.5 Å². The number of hydrogen-bond donors (Lipinski definition) is 2. The van der Waals surface area contributed by atoms with Crippen LogP contribution in [0, 0.1) is 0 Å². The Morgan fingerprint density at radius 3 is 2.75 bits per heavy atom. The maximum atomic E-state index is 5.49. The maximum Gasteiger partial charge on any atom is 0.148 e. The summed E-state index contributed by atoms with van der Waals surface area (Å²) in [5, 5.41) is 0. The minimum absolute atomic E-state index is 0.683. The van der Waals surface area contributed by atoms with Gasteiger partial charge in [-0.2, -0.15) is 0 Å². The fourth-order valence-electron chi connectivity index (χ4n) is 2.12. The quantitative estimate of drug-likeness (QED) is 0.611. The molecule has 2 aromatic rings. The summed E-state index contributed by atoms with van der Waals surface area (Å²) in [5.74, 6) is 7.08. The molecule has 0 aliphatic rings. The van der Waals surface area contributed by atoms with Crippen molar-refractivity contribution in [2.45, 2.75) is 19.8 Å². The van der Waals surface area contributed by atoms with Crippen molar-refractivity contribution in [2.24, 2.45) is 5.84 Å². The Bertz CT molecular complexity index is 543. The Morgan fingerprint density at radius 2 is 2.10 bits per heavy atom. The van der Waals surface area contributed by atoms with Crippen LogP contribution < -0.4 is 16.2 Å². The van der Waals surface area contributed by atoms with E-state index in [0.29, 0.717) is 5.82 Å². The molecule has 0 aromatic carbocycles. The maximum absolute atomic E-state index is 5.49. The number of nitrogens with zero attached hydrogens (tertiary/aromatic N) is 4. The Morgan fingerprint density at radius 1 is 1.25 bits per heavy atom. The molecule has 0 bridgehead atoms. The molecule has 0 amide bonds. The highest BCUT2D eigenvalue weighted by atomic mass is 15.3. The number of likely N-dealkylation sites (N-methyl/N-ethyl adjacent to an activating group) is 1. The molecule has 0 atom stereocenters. The number of pyridine rings is 1. The lowest BCUT2D eigenvalue weighted by molar-refractivity contribution is 0.825. The van der Waals surface area contributed by atoms with Gasteiger partial charge in [0.1, 0.15) is 18.0 Å². The van der Waals surface area contributed by atoms with Crippen molar-refractivity contribution in [3.63, 3.8) is 0 Å². The van der Waals surface area contributed by atoms with Crippen molar-refractivity contribution in [1.82, 2.24) is 15.0 Å². The van der Waals surface area contributed by atoms with Gasteiger partial charge in [-0.15, -0.1) is 0 Å². The van der Waals surface area contributed by atoms with Crippen molar-refractivity contribution in [1.29, 1.82) is 0 Å². The van der Waals surface area contributed by atoms with E-state index in [0.717, 1.165) is 36.5 Å². The van der Waals surface area contributed by atoms with Crippen LogP contribution in [0.4, 0.5) is 11.6 Å². The molecule has 6 nitrogen and oxygen atoms in total. The number of anilines is 2. The molecular formula is C14H20N6. The summed E-state index contributed by atoms with van der Waals surface area (Å²) in [6, 6.07) is 5.95. The van der Waals surface area contributed by atoms with E-state index in [4.69, 9.17) is 5.84 Å². The van der Waals surface area contributed by atoms with Crippen LogP contribution in [-0.4, -0.2) is 28.5 Å². The molecule has 0 spiro atoms. The summed E-state index contributed by atoms with van der Waals surface area (Å²) in [4.78, 5) is 14.9. The number of nitrogen functional groups attached to an aromatic ring is 1. The van der Waals surface area contributed by atoms with E-state index < -0.39 is 0 Å². The largest absolute Gasteiger partial charge is 0.359 e. The standard InChI is InChI=1S/C14H20N6/c1-3-12-13(19-15)17-10-18-14(12)20(2)9-7-11-6-4-5-8-16-11/h4-6,8,10H,3,7,9,15H2,1-2H3,(H,17,18,19). The molecule has 0 radical (unpaired) electrons. The zero-order valence-electron chi connectivity index (χ0n) is 11.9. The highest BCUT2D eigenvalue weighted by Crippen LogP contribution is 2.22. The predicted molar refractivity (Wildman–Crippen MR) is 80.4 cm³/mol. The lowest BCUT2D eigenvalue weighted by atomic mass is 10.2. The Balaban J connectivity index is 2.11. The Labute approximate surface area is 119 Å². The average Bonchev–Trinajstić information content (AvgIpc) is 2.52. The van der Waals surface area contributed by atoms with E-state index in [1.807, 2.05) is 31.4 Å². The van der Waals surface area contributed by atoms with Crippen LogP contribution >= 0.6 is 0 Å². The summed E-state index contributed by atoms with van der Waals surface area (Å²) in [6.07, 6.45) is 5.04. The second-order valence-electron chi connectivity index (χ2n) is 4.51. The van der Waals surface area contributed by atoms with Gasteiger partial charge in [0.15, 0.2) is 0 Å². The molecule has 2 rings (SSSR count). The Hall–Kier alpha value is -2.21. The third kappa shape index (κ3) is 3.21. The molecule has 0 unspecified atom stereocenters. The van der Waals surface area contributed by atoms with E-state index in [1.165, 1.54) is 6.33 Å². The molecule has 20 heavy (non-hydrogen) atoms. The minimum atomic E-state index is 0.683. The number of aromatic nitrogens is 3. The second kappa shape index (κ2) is 6.81. The molecule has 0 fully saturated rings. The first-order valence-electron chi connectivity index (χ1n) is 6.67. The zero-order valence-corrected chi connectivity index (χ0v) is 11.9. The topological polar surface area (TPSA) is 80.0 Å². The van der Waals surface area contributed by atoms with Gasteiger partial charge in [0.25, 0.3) is 0 Å². The Kier molecular flexibility index (Phi) is 4.84. The summed E-state index contributed by atoms with van der Waals surface area (Å²) in [7, 11) is 2.02. The molecule has 6 heteroatoms. The monoisotopic (exact) mass is 272 g/mol. The average molecular weight is 272 g/mol. The molecule has 0 saturated heterocycles. The van der Waals surface area contributed by atoms with Gasteiger partial charge in [-0.1, -0.05) is 13.0 Å². The first-order chi connectivity index (χ1) is 9.76. The summed E-state index contributed by atoms with van der Waals surface area (Å²) >= 11 is 0. The van der Waals surface area contributed by atoms with Gasteiger partial charge in [-0.25, -0.2) is 15.8 Å². The molecule has 0 aliphatic heterocycles. The lowest BCUT2D eigenvalue weighted by Gasteiger charge is -2.21. The van der Waals surface area contributed by atoms with Crippen LogP contribution in [0.15, 0.2) is 30.7 Å². The fourth-order valence-corrected chi connectivity index (χ4v) is 2.12. The normalized spacial score (nSPS) is 10.3. The SMILES string of the molecule is CCc1c(NN)ncnc1N(C)CCc1ccccn1. The third-order valence-corrected chi connectivity index (χ3v) is 3.20. The van der Waals surface area contributed by atoms with Crippen molar-refractivity contribution in [3.8, 4) is 0 Å². The number of nitrogens with one attached hydrogen (secondary N) is 1. The van der Waals surface area contributed by atoms with Gasteiger partial charge in [-0.05, 0) is 18.6 Å². The summed E-state index contributed by atoms with van der Waals surface area (Å²) < 4.78 is 0. The van der Waals surface area contributed by atoms with E-state index in [9.17, 15) is 0 Å². The van der Waals surface area contributed by atoms with Crippen molar-refractivity contribution in [3.05, 3.63) is 42.0 Å². The molecule has 106 valence electrons. The van der Waals surface area contributed by atoms with Crippen molar-refractivity contribution < 1.29 is 0 Å². The number of nitrogens with two attached hydrogens (primary N) is 1. The highest BCUT2D eigenvalue weighted by molar-refractivity contribution is 5.57. The van der Waals surface area contributed by atoms with E-state index in [2.05, 4.69) is 32.2 Å². The van der Waals surface area contributed by atoms with E-state index in [1.54, 1.807) is 0 Å². The van der Waals surface area contributed by atoms with Crippen LogP contribution in [-0.2, 0) is 12.8 Å². The first-order valence-corrected chi connectivity index (χ1v) is 6.67. The number of hydrogen-bond acceptors (Lipinski definition) is 6. The van der Waals surface area contributed by atoms with Crippen LogP contribution in [0.3, 0.4) is 0 Å². The fraction of sp³-hybridized carbons (Fsp3) is 0.357. The molecule has 3 N–H and O–H groups in total. The van der Waals surface area contributed by atoms with Crippen LogP contribution in [0.5, 0.6) is 0 Å². The molecule has 2 aromatic heterocycles. The molecular weight excluding hydrogens is 252 g/mol. The number of rotatable bonds is 6. The highest BCUT2D eigenvalue weighted by Gasteiger charge is 2.12. The van der Waals surface area contributed by atoms with Gasteiger partial charge < -0.3 is 10.3 Å². The van der Waals surface area contributed by atoms with Gasteiger partial charge in [-0.3, -0.25) is 4.98 Å². The second-order valence-corrected chi connectivity index (χ2v) is 4.51. The van der Waals surface area contributed by atoms with Gasteiger partial charge >= 0.3 is 0 Å². The molecule has 0 aliphatic carbocycles. The molecule has 2 heterocycles. The molecule has 0 saturated carbocycles.